The van der Waals surface area contributed by atoms with Crippen molar-refractivity contribution in [2.24, 2.45) is 0 Å². The van der Waals surface area contributed by atoms with Crippen molar-refractivity contribution in [3.05, 3.63) is 48.8 Å². The fourth-order valence-corrected chi connectivity index (χ4v) is 4.55. The monoisotopic (exact) mass is 481 g/mol. The number of hydrogen-bond acceptors (Lipinski definition) is 7. The number of nitrogens with zero attached hydrogens (tertiary/aromatic N) is 6. The van der Waals surface area contributed by atoms with Crippen LogP contribution in [0.15, 0.2) is 48.8 Å². The van der Waals surface area contributed by atoms with Crippen LogP contribution < -0.4 is 10.2 Å². The number of para-hydroxylation sites is 1. The van der Waals surface area contributed by atoms with Crippen molar-refractivity contribution in [1.82, 2.24) is 35.0 Å². The van der Waals surface area contributed by atoms with E-state index in [1.165, 1.54) is 0 Å². The first kappa shape index (κ1) is 22.2. The quantitative estimate of drug-likeness (QED) is 0.350. The highest BCUT2D eigenvalue weighted by molar-refractivity contribution is 5.95. The molecular weight excluding hydrogens is 454 g/mol. The first-order chi connectivity index (χ1) is 17.6. The number of carbonyl (C=O) groups excluding carboxylic acids is 1. The van der Waals surface area contributed by atoms with E-state index in [4.69, 9.17) is 9.97 Å². The molecule has 1 aliphatic heterocycles. The predicted molar refractivity (Wildman–Crippen MR) is 141 cm³/mol. The van der Waals surface area contributed by atoms with Gasteiger partial charge in [0.2, 0.25) is 5.91 Å². The number of rotatable bonds is 5. The first-order valence-corrected chi connectivity index (χ1v) is 12.1. The van der Waals surface area contributed by atoms with Crippen LogP contribution in [0.3, 0.4) is 0 Å². The molecule has 1 amide bonds. The Labute approximate surface area is 207 Å². The Hall–Kier alpha value is -4.31. The average Bonchev–Trinajstić information content (AvgIpc) is 3.53. The molecule has 10 heteroatoms. The summed E-state index contributed by atoms with van der Waals surface area (Å²) in [4.78, 5) is 34.1. The Morgan fingerprint density at radius 3 is 2.72 bits per heavy atom. The molecule has 5 heterocycles. The summed E-state index contributed by atoms with van der Waals surface area (Å²) in [6, 6.07) is 12.0. The van der Waals surface area contributed by atoms with Crippen molar-refractivity contribution < 1.29 is 4.79 Å². The molecule has 6 rings (SSSR count). The Balaban J connectivity index is 1.38. The Bertz CT molecular complexity index is 1560. The van der Waals surface area contributed by atoms with Gasteiger partial charge in [-0.1, -0.05) is 13.0 Å². The maximum absolute atomic E-state index is 11.8. The molecule has 0 bridgehead atoms. The minimum absolute atomic E-state index is 0.0599. The minimum Gasteiger partial charge on any atom is -0.367 e. The lowest BCUT2D eigenvalue weighted by atomic mass is 10.1. The van der Waals surface area contributed by atoms with Crippen LogP contribution in [0.2, 0.25) is 0 Å². The van der Waals surface area contributed by atoms with Crippen molar-refractivity contribution >= 4 is 39.3 Å². The van der Waals surface area contributed by atoms with Crippen molar-refractivity contribution in [2.45, 2.75) is 13.3 Å². The Morgan fingerprint density at radius 1 is 1.03 bits per heavy atom. The first-order valence-electron chi connectivity index (χ1n) is 12.1. The minimum atomic E-state index is -0.0599. The summed E-state index contributed by atoms with van der Waals surface area (Å²) in [5, 5.41) is 10.5. The lowest BCUT2D eigenvalue weighted by molar-refractivity contribution is -0.115. The average molecular weight is 482 g/mol. The molecule has 0 saturated carbocycles. The number of nitrogens with one attached hydrogen (secondary N) is 3. The van der Waals surface area contributed by atoms with Crippen LogP contribution in [0.4, 0.5) is 11.4 Å². The van der Waals surface area contributed by atoms with E-state index in [0.29, 0.717) is 23.6 Å². The van der Waals surface area contributed by atoms with Crippen LogP contribution in [0, 0.1) is 0 Å². The number of hydrogen-bond donors (Lipinski definition) is 3. The van der Waals surface area contributed by atoms with Crippen LogP contribution in [-0.4, -0.2) is 74.2 Å². The van der Waals surface area contributed by atoms with E-state index < -0.39 is 0 Å². The van der Waals surface area contributed by atoms with Gasteiger partial charge in [-0.05, 0) is 37.4 Å². The zero-order chi connectivity index (χ0) is 24.6. The van der Waals surface area contributed by atoms with Gasteiger partial charge in [0.1, 0.15) is 11.0 Å². The van der Waals surface area contributed by atoms with Gasteiger partial charge in [-0.2, -0.15) is 5.10 Å². The third-order valence-corrected chi connectivity index (χ3v) is 6.61. The second kappa shape index (κ2) is 9.04. The van der Waals surface area contributed by atoms with E-state index in [1.54, 1.807) is 12.4 Å². The van der Waals surface area contributed by atoms with Crippen LogP contribution in [0.25, 0.3) is 44.8 Å². The van der Waals surface area contributed by atoms with Crippen molar-refractivity contribution in [3.8, 4) is 22.8 Å². The Morgan fingerprint density at radius 2 is 1.89 bits per heavy atom. The third kappa shape index (κ3) is 4.05. The third-order valence-electron chi connectivity index (χ3n) is 6.61. The number of benzene rings is 1. The molecule has 0 atom stereocenters. The molecule has 1 fully saturated rings. The van der Waals surface area contributed by atoms with Crippen LogP contribution in [0.1, 0.15) is 13.3 Å². The summed E-state index contributed by atoms with van der Waals surface area (Å²) in [5.41, 5.74) is 7.42. The summed E-state index contributed by atoms with van der Waals surface area (Å²) in [7, 11) is 2.15. The van der Waals surface area contributed by atoms with Gasteiger partial charge in [0.05, 0.1) is 34.3 Å². The molecule has 4 aromatic heterocycles. The second-order valence-corrected chi connectivity index (χ2v) is 9.08. The predicted octanol–water partition coefficient (Wildman–Crippen LogP) is 3.66. The molecule has 3 N–H and O–H groups in total. The molecular formula is C26H27N9O. The maximum Gasteiger partial charge on any atom is 0.224 e. The van der Waals surface area contributed by atoms with Gasteiger partial charge in [-0.25, -0.2) is 9.97 Å². The van der Waals surface area contributed by atoms with Crippen LogP contribution >= 0.6 is 0 Å². The zero-order valence-corrected chi connectivity index (χ0v) is 20.2. The number of piperazine rings is 1. The zero-order valence-electron chi connectivity index (χ0n) is 20.2. The maximum atomic E-state index is 11.8. The van der Waals surface area contributed by atoms with Gasteiger partial charge in [0, 0.05) is 44.4 Å². The van der Waals surface area contributed by atoms with E-state index >= 15 is 0 Å². The number of aromatic nitrogens is 6. The molecule has 0 radical (unpaired) electrons. The van der Waals surface area contributed by atoms with E-state index in [1.807, 2.05) is 31.2 Å². The Kier molecular flexibility index (Phi) is 5.57. The molecule has 10 nitrogen and oxygen atoms in total. The topological polar surface area (TPSA) is 119 Å². The second-order valence-electron chi connectivity index (χ2n) is 9.08. The van der Waals surface area contributed by atoms with Gasteiger partial charge < -0.3 is 20.1 Å². The highest BCUT2D eigenvalue weighted by atomic mass is 16.1. The molecule has 182 valence electrons. The number of carbonyl (C=O) groups is 1. The van der Waals surface area contributed by atoms with E-state index in [9.17, 15) is 4.79 Å². The van der Waals surface area contributed by atoms with Gasteiger partial charge in [-0.15, -0.1) is 0 Å². The smallest absolute Gasteiger partial charge is 0.224 e. The number of aromatic amines is 2. The summed E-state index contributed by atoms with van der Waals surface area (Å²) in [5.74, 6) is 0.611. The van der Waals surface area contributed by atoms with Gasteiger partial charge >= 0.3 is 0 Å². The number of imidazole rings is 1. The lowest BCUT2D eigenvalue weighted by Gasteiger charge is -2.34. The molecule has 0 spiro atoms. The molecule has 0 aliphatic carbocycles. The molecule has 36 heavy (non-hydrogen) atoms. The summed E-state index contributed by atoms with van der Waals surface area (Å²) < 4.78 is 0. The molecule has 1 aliphatic rings. The molecule has 1 saturated heterocycles. The molecule has 5 aromatic rings. The van der Waals surface area contributed by atoms with Crippen molar-refractivity contribution in [1.29, 1.82) is 0 Å². The fourth-order valence-electron chi connectivity index (χ4n) is 4.55. The summed E-state index contributed by atoms with van der Waals surface area (Å²) in [6.45, 7) is 5.82. The van der Waals surface area contributed by atoms with Crippen LogP contribution in [0.5, 0.6) is 0 Å². The fraction of sp³-hybridized carbons (Fsp3) is 0.269. The standard InChI is InChI=1S/C26H27N9O/c1-3-22(36)28-17-13-16(14-27-15-17)18-7-8-20-24(29-18)25(33-32-20)26-30-19-5-4-6-21(23(19)31-26)35-11-9-34(2)10-12-35/h4-8,13-15H,3,9-12H2,1-2H3,(H,28,36)(H,30,31)(H,32,33). The van der Waals surface area contributed by atoms with E-state index in [-0.39, 0.29) is 5.91 Å². The van der Waals surface area contributed by atoms with Crippen molar-refractivity contribution in [2.75, 3.05) is 43.4 Å². The van der Waals surface area contributed by atoms with Crippen molar-refractivity contribution in [3.63, 3.8) is 0 Å². The molecule has 0 unspecified atom stereocenters. The molecule has 1 aromatic carbocycles. The number of likely N-dealkylation sites (N-methyl/N-ethyl adjacent to an activating group) is 1. The van der Waals surface area contributed by atoms with E-state index in [0.717, 1.165) is 65.2 Å². The number of fused-ring (bicyclic) bond motifs is 2. The number of pyridine rings is 2. The van der Waals surface area contributed by atoms with Crippen LogP contribution in [-0.2, 0) is 4.79 Å². The lowest BCUT2D eigenvalue weighted by Crippen LogP contribution is -2.44. The summed E-state index contributed by atoms with van der Waals surface area (Å²) >= 11 is 0. The SMILES string of the molecule is CCC(=O)Nc1cncc(-c2ccc3[nH]nc(-c4nc5c(N6CCN(C)CC6)cccc5[nH]4)c3n2)c1. The largest absolute Gasteiger partial charge is 0.367 e. The van der Waals surface area contributed by atoms with E-state index in [2.05, 4.69) is 54.5 Å². The summed E-state index contributed by atoms with van der Waals surface area (Å²) in [6.07, 6.45) is 3.77. The van der Waals surface area contributed by atoms with Gasteiger partial charge in [0.15, 0.2) is 11.5 Å². The number of amides is 1. The number of anilines is 2. The van der Waals surface area contributed by atoms with Gasteiger partial charge in [-0.3, -0.25) is 14.9 Å². The highest BCUT2D eigenvalue weighted by Gasteiger charge is 2.20. The normalized spacial score (nSPS) is 14.6. The number of H-pyrrole nitrogens is 2. The highest BCUT2D eigenvalue weighted by Crippen LogP contribution is 2.31. The van der Waals surface area contributed by atoms with Gasteiger partial charge in [0.25, 0.3) is 0 Å².